The number of likely N-dealkylation sites (tertiary alicyclic amines) is 1. The zero-order valence-corrected chi connectivity index (χ0v) is 8.41. The number of nitrogens with zero attached hydrogens (tertiary/aromatic N) is 1. The molecule has 0 bridgehead atoms. The van der Waals surface area contributed by atoms with Crippen LogP contribution in [-0.4, -0.2) is 36.2 Å². The van der Waals surface area contributed by atoms with Crippen LogP contribution in [0.3, 0.4) is 0 Å². The maximum absolute atomic E-state index is 8.86. The summed E-state index contributed by atoms with van der Waals surface area (Å²) >= 11 is 0. The molecule has 1 saturated heterocycles. The Balaban J connectivity index is 1.54. The summed E-state index contributed by atoms with van der Waals surface area (Å²) in [5.41, 5.74) is 0. The van der Waals surface area contributed by atoms with Gasteiger partial charge in [-0.05, 0) is 18.9 Å². The van der Waals surface area contributed by atoms with Gasteiger partial charge < -0.3 is 10.0 Å². The van der Waals surface area contributed by atoms with Gasteiger partial charge in [0.15, 0.2) is 0 Å². The fourth-order valence-electron chi connectivity index (χ4n) is 2.64. The summed E-state index contributed by atoms with van der Waals surface area (Å²) in [5, 5.41) is 8.86. The smallest absolute Gasteiger partial charge is 0.0483 e. The van der Waals surface area contributed by atoms with E-state index in [0.29, 0.717) is 12.5 Å². The minimum absolute atomic E-state index is 0.389. The predicted molar refractivity (Wildman–Crippen MR) is 53.6 cm³/mol. The quantitative estimate of drug-likeness (QED) is 0.714. The number of rotatable bonds is 4. The van der Waals surface area contributed by atoms with Crippen molar-refractivity contribution in [1.29, 1.82) is 0 Å². The van der Waals surface area contributed by atoms with Gasteiger partial charge in [0.1, 0.15) is 0 Å². The maximum Gasteiger partial charge on any atom is 0.0483 e. The number of aliphatic hydroxyl groups excluding tert-OH is 1. The minimum atomic E-state index is 0.389. The van der Waals surface area contributed by atoms with E-state index in [9.17, 15) is 0 Å². The average Bonchev–Trinajstić information content (AvgIpc) is 2.54. The van der Waals surface area contributed by atoms with Gasteiger partial charge in [0, 0.05) is 25.6 Å². The summed E-state index contributed by atoms with van der Waals surface area (Å²) in [7, 11) is 0. The van der Waals surface area contributed by atoms with Crippen LogP contribution in [0, 0.1) is 11.8 Å². The molecule has 2 fully saturated rings. The topological polar surface area (TPSA) is 23.5 Å². The number of hydrogen-bond donors (Lipinski definition) is 1. The molecular weight excluding hydrogens is 162 g/mol. The molecule has 1 heterocycles. The van der Waals surface area contributed by atoms with Crippen molar-refractivity contribution in [1.82, 2.24) is 4.90 Å². The molecule has 2 heteroatoms. The highest BCUT2D eigenvalue weighted by Crippen LogP contribution is 2.28. The van der Waals surface area contributed by atoms with Gasteiger partial charge >= 0.3 is 0 Å². The van der Waals surface area contributed by atoms with Gasteiger partial charge in [-0.2, -0.15) is 0 Å². The van der Waals surface area contributed by atoms with Crippen LogP contribution in [0.1, 0.15) is 32.1 Å². The second kappa shape index (κ2) is 4.43. The molecule has 0 amide bonds. The van der Waals surface area contributed by atoms with Crippen LogP contribution in [0.15, 0.2) is 0 Å². The molecule has 1 aliphatic heterocycles. The molecule has 13 heavy (non-hydrogen) atoms. The van der Waals surface area contributed by atoms with Crippen molar-refractivity contribution in [2.24, 2.45) is 11.8 Å². The maximum atomic E-state index is 8.86. The third-order valence-corrected chi connectivity index (χ3v) is 3.62. The normalized spacial score (nSPS) is 26.5. The lowest BCUT2D eigenvalue weighted by molar-refractivity contribution is 0.0498. The average molecular weight is 183 g/mol. The molecule has 0 atom stereocenters. The Bertz CT molecular complexity index is 148. The standard InChI is InChI=1S/C11H21NO/c13-9-11-7-12(8-11)6-5-10-3-1-2-4-10/h10-11,13H,1-9H2. The van der Waals surface area contributed by atoms with Gasteiger partial charge in [0.05, 0.1) is 0 Å². The first-order valence-corrected chi connectivity index (χ1v) is 5.71. The van der Waals surface area contributed by atoms with Crippen molar-refractivity contribution in [3.8, 4) is 0 Å². The second-order valence-corrected chi connectivity index (χ2v) is 4.75. The Morgan fingerprint density at radius 3 is 2.38 bits per heavy atom. The van der Waals surface area contributed by atoms with Gasteiger partial charge in [-0.15, -0.1) is 0 Å². The molecule has 76 valence electrons. The van der Waals surface area contributed by atoms with E-state index >= 15 is 0 Å². The van der Waals surface area contributed by atoms with Gasteiger partial charge in [0.2, 0.25) is 0 Å². The van der Waals surface area contributed by atoms with E-state index in [1.165, 1.54) is 38.6 Å². The van der Waals surface area contributed by atoms with Crippen molar-refractivity contribution in [3.05, 3.63) is 0 Å². The van der Waals surface area contributed by atoms with E-state index in [2.05, 4.69) is 4.90 Å². The zero-order valence-electron chi connectivity index (χ0n) is 8.41. The van der Waals surface area contributed by atoms with Crippen LogP contribution in [0.4, 0.5) is 0 Å². The van der Waals surface area contributed by atoms with Crippen LogP contribution in [0.5, 0.6) is 0 Å². The molecule has 0 spiro atoms. The summed E-state index contributed by atoms with van der Waals surface area (Å²) < 4.78 is 0. The van der Waals surface area contributed by atoms with E-state index in [-0.39, 0.29) is 0 Å². The Morgan fingerprint density at radius 1 is 1.08 bits per heavy atom. The van der Waals surface area contributed by atoms with Gasteiger partial charge in [-0.25, -0.2) is 0 Å². The molecule has 1 N–H and O–H groups in total. The molecule has 2 nitrogen and oxygen atoms in total. The van der Waals surface area contributed by atoms with Crippen molar-refractivity contribution in [2.75, 3.05) is 26.2 Å². The first-order chi connectivity index (χ1) is 6.38. The lowest BCUT2D eigenvalue weighted by Crippen LogP contribution is -2.48. The predicted octanol–water partition coefficient (Wildman–Crippen LogP) is 1.49. The van der Waals surface area contributed by atoms with E-state index in [4.69, 9.17) is 5.11 Å². The summed E-state index contributed by atoms with van der Waals surface area (Å²) in [6.45, 7) is 3.95. The lowest BCUT2D eigenvalue weighted by Gasteiger charge is -2.38. The van der Waals surface area contributed by atoms with Crippen molar-refractivity contribution < 1.29 is 5.11 Å². The molecule has 0 unspecified atom stereocenters. The van der Waals surface area contributed by atoms with Crippen LogP contribution < -0.4 is 0 Å². The second-order valence-electron chi connectivity index (χ2n) is 4.75. The molecular formula is C11H21NO. The molecule has 2 rings (SSSR count). The molecule has 0 aromatic rings. The van der Waals surface area contributed by atoms with Gasteiger partial charge in [0.25, 0.3) is 0 Å². The van der Waals surface area contributed by atoms with Crippen LogP contribution in [0.25, 0.3) is 0 Å². The fraction of sp³-hybridized carbons (Fsp3) is 1.00. The number of aliphatic hydroxyl groups is 1. The highest BCUT2D eigenvalue weighted by Gasteiger charge is 2.26. The van der Waals surface area contributed by atoms with E-state index in [1.54, 1.807) is 0 Å². The van der Waals surface area contributed by atoms with Crippen molar-refractivity contribution in [3.63, 3.8) is 0 Å². The van der Waals surface area contributed by atoms with Crippen LogP contribution >= 0.6 is 0 Å². The summed E-state index contributed by atoms with van der Waals surface area (Å²) in [6, 6.07) is 0. The summed E-state index contributed by atoms with van der Waals surface area (Å²) in [6.07, 6.45) is 7.26. The SMILES string of the molecule is OCC1CN(CCC2CCCC2)C1. The zero-order chi connectivity index (χ0) is 9.10. The molecule has 1 aliphatic carbocycles. The molecule has 0 aromatic carbocycles. The molecule has 0 radical (unpaired) electrons. The highest BCUT2D eigenvalue weighted by molar-refractivity contribution is 4.80. The Kier molecular flexibility index (Phi) is 3.23. The Morgan fingerprint density at radius 2 is 1.77 bits per heavy atom. The molecule has 2 aliphatic rings. The van der Waals surface area contributed by atoms with E-state index in [1.807, 2.05) is 0 Å². The van der Waals surface area contributed by atoms with Crippen molar-refractivity contribution in [2.45, 2.75) is 32.1 Å². The monoisotopic (exact) mass is 183 g/mol. The lowest BCUT2D eigenvalue weighted by atomic mass is 9.98. The van der Waals surface area contributed by atoms with Crippen LogP contribution in [0.2, 0.25) is 0 Å². The first kappa shape index (κ1) is 9.47. The Labute approximate surface area is 80.9 Å². The van der Waals surface area contributed by atoms with Crippen molar-refractivity contribution >= 4 is 0 Å². The van der Waals surface area contributed by atoms with Gasteiger partial charge in [-0.3, -0.25) is 0 Å². The Hall–Kier alpha value is -0.0800. The van der Waals surface area contributed by atoms with Gasteiger partial charge in [-0.1, -0.05) is 25.7 Å². The third-order valence-electron chi connectivity index (χ3n) is 3.62. The van der Waals surface area contributed by atoms with E-state index < -0.39 is 0 Å². The minimum Gasteiger partial charge on any atom is -0.396 e. The largest absolute Gasteiger partial charge is 0.396 e. The van der Waals surface area contributed by atoms with E-state index in [0.717, 1.165) is 19.0 Å². The third kappa shape index (κ3) is 2.44. The number of hydrogen-bond acceptors (Lipinski definition) is 2. The fourth-order valence-corrected chi connectivity index (χ4v) is 2.64. The molecule has 1 saturated carbocycles. The van der Waals surface area contributed by atoms with Crippen LogP contribution in [-0.2, 0) is 0 Å². The summed E-state index contributed by atoms with van der Waals surface area (Å²) in [4.78, 5) is 2.49. The first-order valence-electron chi connectivity index (χ1n) is 5.71. The summed E-state index contributed by atoms with van der Waals surface area (Å²) in [5.74, 6) is 1.61. The molecule has 0 aromatic heterocycles. The highest BCUT2D eigenvalue weighted by atomic mass is 16.3.